The molecule has 1 saturated carbocycles. The second-order valence-corrected chi connectivity index (χ2v) is 10.0. The van der Waals surface area contributed by atoms with Crippen LogP contribution >= 0.6 is 0 Å². The third-order valence-corrected chi connectivity index (χ3v) is 8.59. The Morgan fingerprint density at radius 3 is 2.64 bits per heavy atom. The predicted molar refractivity (Wildman–Crippen MR) is 108 cm³/mol. The number of ether oxygens (including phenoxy) is 1. The van der Waals surface area contributed by atoms with E-state index >= 15 is 0 Å². The van der Waals surface area contributed by atoms with Crippen LogP contribution in [0.5, 0.6) is 0 Å². The zero-order chi connectivity index (χ0) is 18.7. The van der Waals surface area contributed by atoms with Gasteiger partial charge in [0.15, 0.2) is 0 Å². The van der Waals surface area contributed by atoms with Crippen molar-refractivity contribution in [1.82, 2.24) is 10.2 Å². The van der Waals surface area contributed by atoms with Crippen LogP contribution in [0, 0.1) is 17.8 Å². The Hall–Kier alpha value is -1.39. The summed E-state index contributed by atoms with van der Waals surface area (Å²) in [5, 5.41) is 3.34. The minimum Gasteiger partial charge on any atom is -0.370 e. The molecule has 0 unspecified atom stereocenters. The Labute approximate surface area is 168 Å². The van der Waals surface area contributed by atoms with Gasteiger partial charge in [0.25, 0.3) is 0 Å². The normalized spacial score (nSPS) is 37.5. The highest BCUT2D eigenvalue weighted by atomic mass is 16.5. The van der Waals surface area contributed by atoms with E-state index in [1.807, 2.05) is 0 Å². The van der Waals surface area contributed by atoms with Gasteiger partial charge in [-0.25, -0.2) is 0 Å². The van der Waals surface area contributed by atoms with Gasteiger partial charge in [0.1, 0.15) is 0 Å². The Morgan fingerprint density at radius 2 is 1.89 bits per heavy atom. The third kappa shape index (κ3) is 2.68. The molecule has 1 amide bonds. The van der Waals surface area contributed by atoms with Crippen molar-refractivity contribution < 1.29 is 9.53 Å². The van der Waals surface area contributed by atoms with Crippen LogP contribution in [0.2, 0.25) is 0 Å². The molecule has 1 spiro atoms. The molecule has 4 atom stereocenters. The number of nitrogens with one attached hydrogen (secondary N) is 1. The molecule has 1 aromatic rings. The number of rotatable bonds is 4. The van der Waals surface area contributed by atoms with Crippen molar-refractivity contribution in [3.05, 3.63) is 35.4 Å². The molecule has 0 aromatic heterocycles. The molecule has 6 rings (SSSR count). The molecule has 4 nitrogen and oxygen atoms in total. The minimum atomic E-state index is 0.103. The van der Waals surface area contributed by atoms with Gasteiger partial charge in [-0.3, -0.25) is 9.69 Å². The first-order chi connectivity index (χ1) is 13.7. The standard InChI is InChI=1S/C24H32N2O2/c27-23(18-11-16-5-1-2-6-17(16)12-18)25-13-20-21-14-26(19-7-3-4-8-19)15-24(21)10-9-22(20)28-24/h1-2,5-6,18-22H,3-4,7-15H2,(H,25,27)/t20-,21+,22+,24+/m0/s1. The largest absolute Gasteiger partial charge is 0.370 e. The van der Waals surface area contributed by atoms with Crippen LogP contribution in [0.15, 0.2) is 24.3 Å². The highest BCUT2D eigenvalue weighted by Crippen LogP contribution is 2.55. The van der Waals surface area contributed by atoms with E-state index < -0.39 is 0 Å². The maximum absolute atomic E-state index is 12.9. The Balaban J connectivity index is 1.10. The summed E-state index contributed by atoms with van der Waals surface area (Å²) in [6.45, 7) is 3.14. The average Bonchev–Trinajstić information content (AvgIpc) is 3.51. The van der Waals surface area contributed by atoms with E-state index in [0.29, 0.717) is 17.9 Å². The number of amides is 1. The molecule has 2 bridgehead atoms. The van der Waals surface area contributed by atoms with Gasteiger partial charge < -0.3 is 10.1 Å². The van der Waals surface area contributed by atoms with Gasteiger partial charge in [-0.15, -0.1) is 0 Å². The molecule has 2 aliphatic carbocycles. The summed E-state index contributed by atoms with van der Waals surface area (Å²) in [5.74, 6) is 1.49. The first kappa shape index (κ1) is 17.5. The maximum Gasteiger partial charge on any atom is 0.223 e. The smallest absolute Gasteiger partial charge is 0.223 e. The molecular formula is C24H32N2O2. The van der Waals surface area contributed by atoms with Crippen LogP contribution in [-0.2, 0) is 22.4 Å². The van der Waals surface area contributed by atoms with Gasteiger partial charge in [0, 0.05) is 43.4 Å². The van der Waals surface area contributed by atoms with Gasteiger partial charge in [-0.05, 0) is 49.7 Å². The van der Waals surface area contributed by atoms with Gasteiger partial charge in [0.05, 0.1) is 11.7 Å². The first-order valence-electron chi connectivity index (χ1n) is 11.5. The Bertz CT molecular complexity index is 749. The summed E-state index contributed by atoms with van der Waals surface area (Å²) in [5.41, 5.74) is 2.81. The van der Waals surface area contributed by atoms with E-state index in [1.54, 1.807) is 0 Å². The topological polar surface area (TPSA) is 41.6 Å². The second-order valence-electron chi connectivity index (χ2n) is 10.0. The van der Waals surface area contributed by atoms with E-state index in [9.17, 15) is 4.79 Å². The van der Waals surface area contributed by atoms with Gasteiger partial charge >= 0.3 is 0 Å². The van der Waals surface area contributed by atoms with E-state index in [4.69, 9.17) is 4.74 Å². The minimum absolute atomic E-state index is 0.103. The molecule has 1 N–H and O–H groups in total. The van der Waals surface area contributed by atoms with Crippen molar-refractivity contribution in [2.75, 3.05) is 19.6 Å². The summed E-state index contributed by atoms with van der Waals surface area (Å²) >= 11 is 0. The van der Waals surface area contributed by atoms with Crippen LogP contribution in [0.25, 0.3) is 0 Å². The van der Waals surface area contributed by atoms with Gasteiger partial charge in [0.2, 0.25) is 5.91 Å². The van der Waals surface area contributed by atoms with Crippen molar-refractivity contribution >= 4 is 5.91 Å². The third-order valence-electron chi connectivity index (χ3n) is 8.59. The molecule has 3 heterocycles. The van der Waals surface area contributed by atoms with Crippen LogP contribution in [0.4, 0.5) is 0 Å². The molecule has 3 aliphatic heterocycles. The van der Waals surface area contributed by atoms with Crippen LogP contribution in [0.3, 0.4) is 0 Å². The molecule has 1 aromatic carbocycles. The summed E-state index contributed by atoms with van der Waals surface area (Å²) in [4.78, 5) is 15.6. The van der Waals surface area contributed by atoms with Crippen molar-refractivity contribution in [2.24, 2.45) is 17.8 Å². The Morgan fingerprint density at radius 1 is 1.14 bits per heavy atom. The number of hydrogen-bond donors (Lipinski definition) is 1. The van der Waals surface area contributed by atoms with Gasteiger partial charge in [-0.1, -0.05) is 37.1 Å². The lowest BCUT2D eigenvalue weighted by molar-refractivity contribution is -0.125. The number of hydrogen-bond acceptors (Lipinski definition) is 3. The molecule has 5 aliphatic rings. The molecule has 150 valence electrons. The lowest BCUT2D eigenvalue weighted by atomic mass is 9.73. The molecule has 3 saturated heterocycles. The van der Waals surface area contributed by atoms with Crippen molar-refractivity contribution in [1.29, 1.82) is 0 Å². The lowest BCUT2D eigenvalue weighted by Crippen LogP contribution is -2.43. The monoisotopic (exact) mass is 380 g/mol. The summed E-state index contributed by atoms with van der Waals surface area (Å²) < 4.78 is 6.60. The number of benzene rings is 1. The fourth-order valence-electron chi connectivity index (χ4n) is 7.15. The first-order valence-corrected chi connectivity index (χ1v) is 11.5. The Kier molecular flexibility index (Phi) is 4.09. The highest BCUT2D eigenvalue weighted by Gasteiger charge is 2.63. The van der Waals surface area contributed by atoms with Crippen molar-refractivity contribution in [2.45, 2.75) is 69.1 Å². The summed E-state index contributed by atoms with van der Waals surface area (Å²) in [6.07, 6.45) is 10.1. The molecule has 28 heavy (non-hydrogen) atoms. The van der Waals surface area contributed by atoms with E-state index in [-0.39, 0.29) is 17.4 Å². The fourth-order valence-corrected chi connectivity index (χ4v) is 7.15. The molecular weight excluding hydrogens is 348 g/mol. The van der Waals surface area contributed by atoms with E-state index in [0.717, 1.165) is 32.0 Å². The quantitative estimate of drug-likeness (QED) is 0.873. The SMILES string of the molecule is O=C(NC[C@H]1[C@H]2CN(C3CCCC3)C[C@]23CC[C@H]1O3)C1Cc2ccccc2C1. The summed E-state index contributed by atoms with van der Waals surface area (Å²) in [6, 6.07) is 9.30. The van der Waals surface area contributed by atoms with Crippen LogP contribution in [0.1, 0.15) is 49.7 Å². The number of nitrogens with zero attached hydrogens (tertiary/aromatic N) is 1. The number of likely N-dealkylation sites (tertiary alicyclic amines) is 1. The summed E-state index contributed by atoms with van der Waals surface area (Å²) in [7, 11) is 0. The van der Waals surface area contributed by atoms with Crippen LogP contribution < -0.4 is 5.32 Å². The van der Waals surface area contributed by atoms with Gasteiger partial charge in [-0.2, -0.15) is 0 Å². The lowest BCUT2D eigenvalue weighted by Gasteiger charge is -2.30. The van der Waals surface area contributed by atoms with E-state index in [2.05, 4.69) is 34.5 Å². The van der Waals surface area contributed by atoms with Crippen LogP contribution in [-0.4, -0.2) is 48.2 Å². The zero-order valence-electron chi connectivity index (χ0n) is 16.7. The molecule has 4 fully saturated rings. The van der Waals surface area contributed by atoms with Crippen molar-refractivity contribution in [3.63, 3.8) is 0 Å². The average molecular weight is 381 g/mol. The van der Waals surface area contributed by atoms with Crippen molar-refractivity contribution in [3.8, 4) is 0 Å². The maximum atomic E-state index is 12.9. The second kappa shape index (κ2) is 6.56. The number of carbonyl (C=O) groups is 1. The van der Waals surface area contributed by atoms with E-state index in [1.165, 1.54) is 56.2 Å². The number of carbonyl (C=O) groups excluding carboxylic acids is 1. The zero-order valence-corrected chi connectivity index (χ0v) is 16.7. The highest BCUT2D eigenvalue weighted by molar-refractivity contribution is 5.80. The fraction of sp³-hybridized carbons (Fsp3) is 0.708. The molecule has 0 radical (unpaired) electrons. The molecule has 4 heteroatoms. The predicted octanol–water partition coefficient (Wildman–Crippen LogP) is 2.94. The number of fused-ring (bicyclic) bond motifs is 2.